The molecule has 0 aromatic rings. The van der Waals surface area contributed by atoms with Gasteiger partial charge in [0.05, 0.1) is 11.4 Å². The van der Waals surface area contributed by atoms with Gasteiger partial charge in [-0.25, -0.2) is 0 Å². The molecule has 2 aliphatic rings. The Morgan fingerprint density at radius 3 is 2.94 bits per heavy atom. The summed E-state index contributed by atoms with van der Waals surface area (Å²) in [4.78, 5) is 0. The number of terminal acetylenes is 1. The van der Waals surface area contributed by atoms with Gasteiger partial charge in [0.15, 0.2) is 0 Å². The predicted octanol–water partition coefficient (Wildman–Crippen LogP) is 1.67. The first-order valence-electron chi connectivity index (χ1n) is 6.81. The Bertz CT molecular complexity index is 278. The molecule has 0 bridgehead atoms. The molecule has 1 atom stereocenters. The molecule has 0 aromatic heterocycles. The third-order valence-electron chi connectivity index (χ3n) is 3.76. The molecule has 1 unspecified atom stereocenters. The van der Waals surface area contributed by atoms with E-state index < -0.39 is 0 Å². The zero-order chi connectivity index (χ0) is 12.7. The number of ether oxygens (including phenoxy) is 2. The average Bonchev–Trinajstić information content (AvgIpc) is 2.40. The van der Waals surface area contributed by atoms with E-state index in [0.29, 0.717) is 6.04 Å². The van der Waals surface area contributed by atoms with Crippen LogP contribution in [0.15, 0.2) is 0 Å². The summed E-state index contributed by atoms with van der Waals surface area (Å²) in [5.74, 6) is 4.57. The number of rotatable bonds is 5. The summed E-state index contributed by atoms with van der Waals surface area (Å²) in [7, 11) is 0. The standard InChI is InChI=1S/C14H23NO2S/c1-2-10-18-11-6-15-13-3-7-17-14(12-13)4-8-16-9-5-14/h1,13,15H,3-12H2. The lowest BCUT2D eigenvalue weighted by atomic mass is 9.84. The van der Waals surface area contributed by atoms with Crippen LogP contribution in [0.25, 0.3) is 0 Å². The van der Waals surface area contributed by atoms with Crippen LogP contribution in [0.5, 0.6) is 0 Å². The molecule has 0 radical (unpaired) electrons. The Kier molecular flexibility index (Phi) is 5.84. The Morgan fingerprint density at radius 1 is 1.33 bits per heavy atom. The molecule has 2 heterocycles. The van der Waals surface area contributed by atoms with E-state index in [2.05, 4.69) is 11.2 Å². The quantitative estimate of drug-likeness (QED) is 0.607. The maximum atomic E-state index is 6.03. The zero-order valence-electron chi connectivity index (χ0n) is 11.0. The Morgan fingerprint density at radius 2 is 2.17 bits per heavy atom. The Hall–Kier alpha value is -0.210. The summed E-state index contributed by atoms with van der Waals surface area (Å²) < 4.78 is 11.5. The molecule has 0 saturated carbocycles. The van der Waals surface area contributed by atoms with Crippen LogP contribution < -0.4 is 5.32 Å². The highest BCUT2D eigenvalue weighted by Gasteiger charge is 2.38. The van der Waals surface area contributed by atoms with Crippen LogP contribution in [0, 0.1) is 12.3 Å². The second-order valence-electron chi connectivity index (χ2n) is 5.04. The maximum Gasteiger partial charge on any atom is 0.0741 e. The van der Waals surface area contributed by atoms with Crippen LogP contribution in [-0.2, 0) is 9.47 Å². The van der Waals surface area contributed by atoms with Gasteiger partial charge in [0.25, 0.3) is 0 Å². The van der Waals surface area contributed by atoms with Crippen molar-refractivity contribution in [1.82, 2.24) is 5.32 Å². The smallest absolute Gasteiger partial charge is 0.0741 e. The fourth-order valence-electron chi connectivity index (χ4n) is 2.76. The topological polar surface area (TPSA) is 30.5 Å². The lowest BCUT2D eigenvalue weighted by Crippen LogP contribution is -2.50. The highest BCUT2D eigenvalue weighted by atomic mass is 32.2. The van der Waals surface area contributed by atoms with Gasteiger partial charge in [-0.05, 0) is 25.7 Å². The SMILES string of the molecule is C#CCSCCNC1CCOC2(CCOCC2)C1. The second kappa shape index (κ2) is 7.40. The van der Waals surface area contributed by atoms with E-state index in [1.807, 2.05) is 11.8 Å². The molecule has 0 aromatic carbocycles. The minimum absolute atomic E-state index is 0.0973. The second-order valence-corrected chi connectivity index (χ2v) is 6.15. The average molecular weight is 269 g/mol. The first kappa shape index (κ1) is 14.2. The first-order valence-corrected chi connectivity index (χ1v) is 7.96. The van der Waals surface area contributed by atoms with Crippen LogP contribution >= 0.6 is 11.8 Å². The summed E-state index contributed by atoms with van der Waals surface area (Å²) in [6.07, 6.45) is 9.59. The van der Waals surface area contributed by atoms with Crippen molar-refractivity contribution in [1.29, 1.82) is 0 Å². The zero-order valence-corrected chi connectivity index (χ0v) is 11.8. The molecule has 0 aliphatic carbocycles. The molecule has 4 heteroatoms. The van der Waals surface area contributed by atoms with Crippen LogP contribution in [0.3, 0.4) is 0 Å². The van der Waals surface area contributed by atoms with E-state index in [0.717, 1.165) is 63.6 Å². The van der Waals surface area contributed by atoms with Crippen LogP contribution in [0.2, 0.25) is 0 Å². The summed E-state index contributed by atoms with van der Waals surface area (Å²) >= 11 is 1.82. The molecule has 2 aliphatic heterocycles. The van der Waals surface area contributed by atoms with Gasteiger partial charge in [0.1, 0.15) is 0 Å². The third-order valence-corrected chi connectivity index (χ3v) is 4.63. The van der Waals surface area contributed by atoms with Crippen molar-refractivity contribution in [3.63, 3.8) is 0 Å². The van der Waals surface area contributed by atoms with E-state index in [1.54, 1.807) is 0 Å². The van der Waals surface area contributed by atoms with E-state index in [1.165, 1.54) is 0 Å². The maximum absolute atomic E-state index is 6.03. The van der Waals surface area contributed by atoms with Crippen molar-refractivity contribution in [3.05, 3.63) is 0 Å². The van der Waals surface area contributed by atoms with Crippen molar-refractivity contribution in [3.8, 4) is 12.3 Å². The largest absolute Gasteiger partial charge is 0.381 e. The van der Waals surface area contributed by atoms with Gasteiger partial charge < -0.3 is 14.8 Å². The van der Waals surface area contributed by atoms with Crippen LogP contribution in [0.1, 0.15) is 25.7 Å². The molecular formula is C14H23NO2S. The van der Waals surface area contributed by atoms with Gasteiger partial charge in [0.2, 0.25) is 0 Å². The number of thioether (sulfide) groups is 1. The van der Waals surface area contributed by atoms with E-state index in [9.17, 15) is 0 Å². The molecule has 2 rings (SSSR count). The van der Waals surface area contributed by atoms with Gasteiger partial charge in [-0.1, -0.05) is 5.92 Å². The van der Waals surface area contributed by atoms with Crippen molar-refractivity contribution < 1.29 is 9.47 Å². The molecule has 1 spiro atoms. The Balaban J connectivity index is 1.68. The fourth-order valence-corrected chi connectivity index (χ4v) is 3.28. The van der Waals surface area contributed by atoms with Gasteiger partial charge in [0, 0.05) is 38.2 Å². The van der Waals surface area contributed by atoms with E-state index in [-0.39, 0.29) is 5.60 Å². The number of hydrogen-bond donors (Lipinski definition) is 1. The number of nitrogens with one attached hydrogen (secondary N) is 1. The van der Waals surface area contributed by atoms with Crippen molar-refractivity contribution in [2.75, 3.05) is 37.9 Å². The first-order chi connectivity index (χ1) is 8.85. The van der Waals surface area contributed by atoms with Gasteiger partial charge in [-0.3, -0.25) is 0 Å². The predicted molar refractivity (Wildman–Crippen MR) is 75.9 cm³/mol. The molecule has 2 saturated heterocycles. The van der Waals surface area contributed by atoms with Crippen molar-refractivity contribution >= 4 is 11.8 Å². The van der Waals surface area contributed by atoms with Crippen LogP contribution in [-0.4, -0.2) is 49.5 Å². The minimum Gasteiger partial charge on any atom is -0.381 e. The molecule has 3 nitrogen and oxygen atoms in total. The molecule has 102 valence electrons. The summed E-state index contributed by atoms with van der Waals surface area (Å²) in [6.45, 7) is 3.63. The van der Waals surface area contributed by atoms with E-state index >= 15 is 0 Å². The molecule has 2 fully saturated rings. The van der Waals surface area contributed by atoms with Gasteiger partial charge in [-0.2, -0.15) is 0 Å². The summed E-state index contributed by atoms with van der Waals surface area (Å²) in [6, 6.07) is 0.600. The van der Waals surface area contributed by atoms with Crippen LogP contribution in [0.4, 0.5) is 0 Å². The van der Waals surface area contributed by atoms with Crippen molar-refractivity contribution in [2.45, 2.75) is 37.3 Å². The molecule has 1 N–H and O–H groups in total. The molecule has 18 heavy (non-hydrogen) atoms. The molecular weight excluding hydrogens is 246 g/mol. The molecule has 0 amide bonds. The highest BCUT2D eigenvalue weighted by molar-refractivity contribution is 7.99. The van der Waals surface area contributed by atoms with Gasteiger partial charge in [-0.15, -0.1) is 18.2 Å². The van der Waals surface area contributed by atoms with Gasteiger partial charge >= 0.3 is 0 Å². The van der Waals surface area contributed by atoms with E-state index in [4.69, 9.17) is 15.9 Å². The van der Waals surface area contributed by atoms with Crippen molar-refractivity contribution in [2.24, 2.45) is 0 Å². The Labute approximate surface area is 114 Å². The third kappa shape index (κ3) is 4.17. The highest BCUT2D eigenvalue weighted by Crippen LogP contribution is 2.34. The summed E-state index contributed by atoms with van der Waals surface area (Å²) in [5.41, 5.74) is 0.0973. The minimum atomic E-state index is 0.0973. The lowest BCUT2D eigenvalue weighted by Gasteiger charge is -2.43. The fraction of sp³-hybridized carbons (Fsp3) is 0.857. The number of hydrogen-bond acceptors (Lipinski definition) is 4. The monoisotopic (exact) mass is 269 g/mol. The lowest BCUT2D eigenvalue weighted by molar-refractivity contribution is -0.140. The normalized spacial score (nSPS) is 26.9. The summed E-state index contributed by atoms with van der Waals surface area (Å²) in [5, 5.41) is 3.64.